The van der Waals surface area contributed by atoms with Gasteiger partial charge in [0, 0.05) is 9.79 Å². The minimum atomic E-state index is -3.85. The van der Waals surface area contributed by atoms with Gasteiger partial charge in [0.1, 0.15) is 11.6 Å². The molecule has 0 aliphatic rings. The molecule has 2 aromatic carbocycles. The summed E-state index contributed by atoms with van der Waals surface area (Å²) in [4.78, 5) is -0.375. The van der Waals surface area contributed by atoms with E-state index in [-0.39, 0.29) is 19.6 Å². The number of sulfone groups is 1. The normalized spacial score (nSPS) is 11.6. The fourth-order valence-corrected chi connectivity index (χ4v) is 3.37. The molecule has 7 heteroatoms. The van der Waals surface area contributed by atoms with Crippen molar-refractivity contribution in [3.05, 3.63) is 48.0 Å². The number of rotatable bonds is 2. The molecule has 0 unspecified atom stereocenters. The molecular formula is C12H8F2O2S3. The van der Waals surface area contributed by atoms with Gasteiger partial charge in [0.2, 0.25) is 9.84 Å². The van der Waals surface area contributed by atoms with Gasteiger partial charge < -0.3 is 0 Å². The summed E-state index contributed by atoms with van der Waals surface area (Å²) in [5, 5.41) is 0. The summed E-state index contributed by atoms with van der Waals surface area (Å²) in [5.74, 6) is -1.23. The Kier molecular flexibility index (Phi) is 3.89. The van der Waals surface area contributed by atoms with E-state index < -0.39 is 21.5 Å². The lowest BCUT2D eigenvalue weighted by atomic mass is 10.3. The first-order valence-corrected chi connectivity index (χ1v) is 7.42. The van der Waals surface area contributed by atoms with Crippen LogP contribution < -0.4 is 0 Å². The summed E-state index contributed by atoms with van der Waals surface area (Å²) in [6.07, 6.45) is 0. The number of hydrogen-bond acceptors (Lipinski definition) is 4. The predicted molar refractivity (Wildman–Crippen MR) is 72.8 cm³/mol. The lowest BCUT2D eigenvalue weighted by molar-refractivity contribution is 0.586. The standard InChI is InChI=1S/C12H8F2O2S3/c13-9-3-1-7(5-11(9)17)19(15,16)8-2-4-10(14)12(18)6-8/h1-6,17-18H. The molecule has 0 aliphatic carbocycles. The van der Waals surface area contributed by atoms with E-state index in [1.54, 1.807) is 0 Å². The topological polar surface area (TPSA) is 34.1 Å². The molecule has 0 amide bonds. The maximum atomic E-state index is 13.1. The van der Waals surface area contributed by atoms with Crippen LogP contribution in [0.5, 0.6) is 0 Å². The number of thiol groups is 2. The van der Waals surface area contributed by atoms with Crippen LogP contribution in [0.4, 0.5) is 8.78 Å². The van der Waals surface area contributed by atoms with Crippen LogP contribution in [0, 0.1) is 11.6 Å². The second-order valence-electron chi connectivity index (χ2n) is 3.73. The Balaban J connectivity index is 2.58. The average molecular weight is 318 g/mol. The molecule has 0 heterocycles. The second-order valence-corrected chi connectivity index (χ2v) is 6.64. The summed E-state index contributed by atoms with van der Waals surface area (Å²) in [6.45, 7) is 0. The SMILES string of the molecule is O=S(=O)(c1ccc(F)c(S)c1)c1ccc(F)c(S)c1. The summed E-state index contributed by atoms with van der Waals surface area (Å²) in [7, 11) is -3.85. The van der Waals surface area contributed by atoms with Crippen molar-refractivity contribution in [1.82, 2.24) is 0 Å². The third-order valence-corrected chi connectivity index (χ3v) is 4.89. The van der Waals surface area contributed by atoms with Crippen LogP contribution in [-0.2, 0) is 9.84 Å². The molecule has 2 rings (SSSR count). The highest BCUT2D eigenvalue weighted by molar-refractivity contribution is 7.91. The zero-order chi connectivity index (χ0) is 14.2. The molecule has 0 saturated heterocycles. The highest BCUT2D eigenvalue weighted by Gasteiger charge is 2.19. The summed E-state index contributed by atoms with van der Waals surface area (Å²) < 4.78 is 50.6. The maximum absolute atomic E-state index is 13.1. The first kappa shape index (κ1) is 14.4. The van der Waals surface area contributed by atoms with Crippen LogP contribution in [0.25, 0.3) is 0 Å². The highest BCUT2D eigenvalue weighted by Crippen LogP contribution is 2.26. The molecule has 2 aromatic rings. The molecule has 0 radical (unpaired) electrons. The molecule has 0 saturated carbocycles. The van der Waals surface area contributed by atoms with Crippen LogP contribution in [0.3, 0.4) is 0 Å². The van der Waals surface area contributed by atoms with E-state index in [4.69, 9.17) is 0 Å². The third kappa shape index (κ3) is 2.77. The molecule has 0 aromatic heterocycles. The largest absolute Gasteiger partial charge is 0.219 e. The molecule has 0 bridgehead atoms. The molecular weight excluding hydrogens is 310 g/mol. The summed E-state index contributed by atoms with van der Waals surface area (Å²) in [5.41, 5.74) is 0. The van der Waals surface area contributed by atoms with E-state index in [1.165, 1.54) is 0 Å². The van der Waals surface area contributed by atoms with E-state index in [0.29, 0.717) is 0 Å². The van der Waals surface area contributed by atoms with Crippen molar-refractivity contribution in [3.63, 3.8) is 0 Å². The van der Waals surface area contributed by atoms with E-state index >= 15 is 0 Å². The Morgan fingerprint density at radius 1 is 0.789 bits per heavy atom. The van der Waals surface area contributed by atoms with Crippen molar-refractivity contribution in [2.45, 2.75) is 19.6 Å². The van der Waals surface area contributed by atoms with Gasteiger partial charge >= 0.3 is 0 Å². The molecule has 2 nitrogen and oxygen atoms in total. The second kappa shape index (κ2) is 5.15. The number of hydrogen-bond donors (Lipinski definition) is 2. The van der Waals surface area contributed by atoms with Gasteiger partial charge in [-0.25, -0.2) is 17.2 Å². The minimum absolute atomic E-state index is 0.0747. The van der Waals surface area contributed by atoms with Crippen LogP contribution in [-0.4, -0.2) is 8.42 Å². The fourth-order valence-electron chi connectivity index (χ4n) is 1.46. The molecule has 19 heavy (non-hydrogen) atoms. The lowest BCUT2D eigenvalue weighted by Gasteiger charge is -2.07. The zero-order valence-corrected chi connectivity index (χ0v) is 11.9. The van der Waals surface area contributed by atoms with Gasteiger partial charge in [-0.2, -0.15) is 0 Å². The first-order chi connectivity index (χ1) is 8.82. The molecule has 0 atom stereocenters. The molecule has 0 spiro atoms. The molecule has 0 aliphatic heterocycles. The van der Waals surface area contributed by atoms with E-state index in [2.05, 4.69) is 25.3 Å². The van der Waals surface area contributed by atoms with Crippen LogP contribution in [0.15, 0.2) is 56.0 Å². The molecule has 0 N–H and O–H groups in total. The van der Waals surface area contributed by atoms with Crippen molar-refractivity contribution in [2.75, 3.05) is 0 Å². The Hall–Kier alpha value is -1.05. The van der Waals surface area contributed by atoms with Crippen molar-refractivity contribution in [3.8, 4) is 0 Å². The van der Waals surface area contributed by atoms with Gasteiger partial charge in [0.15, 0.2) is 0 Å². The van der Waals surface area contributed by atoms with Gasteiger partial charge in [-0.05, 0) is 36.4 Å². The minimum Gasteiger partial charge on any atom is -0.219 e. The van der Waals surface area contributed by atoms with Gasteiger partial charge in [-0.1, -0.05) is 0 Å². The third-order valence-electron chi connectivity index (χ3n) is 2.46. The van der Waals surface area contributed by atoms with Gasteiger partial charge in [-0.15, -0.1) is 25.3 Å². The first-order valence-electron chi connectivity index (χ1n) is 5.04. The number of halogens is 2. The Bertz CT molecular complexity index is 685. The van der Waals surface area contributed by atoms with Gasteiger partial charge in [-0.3, -0.25) is 0 Å². The van der Waals surface area contributed by atoms with Crippen LogP contribution in [0.2, 0.25) is 0 Å². The van der Waals surface area contributed by atoms with Gasteiger partial charge in [0.25, 0.3) is 0 Å². The molecule has 0 fully saturated rings. The lowest BCUT2D eigenvalue weighted by Crippen LogP contribution is -2.03. The smallest absolute Gasteiger partial charge is 0.206 e. The van der Waals surface area contributed by atoms with E-state index in [0.717, 1.165) is 36.4 Å². The van der Waals surface area contributed by atoms with Crippen LogP contribution >= 0.6 is 25.3 Å². The molecule has 100 valence electrons. The Morgan fingerprint density at radius 3 is 1.47 bits per heavy atom. The van der Waals surface area contributed by atoms with Crippen molar-refractivity contribution < 1.29 is 17.2 Å². The van der Waals surface area contributed by atoms with E-state index in [1.807, 2.05) is 0 Å². The Labute approximate surface area is 120 Å². The highest BCUT2D eigenvalue weighted by atomic mass is 32.2. The van der Waals surface area contributed by atoms with Crippen LogP contribution in [0.1, 0.15) is 0 Å². The number of benzene rings is 2. The monoisotopic (exact) mass is 318 g/mol. The fraction of sp³-hybridized carbons (Fsp3) is 0. The summed E-state index contributed by atoms with van der Waals surface area (Å²) >= 11 is 7.67. The average Bonchev–Trinajstić information content (AvgIpc) is 2.35. The van der Waals surface area contributed by atoms with Crippen molar-refractivity contribution in [2.24, 2.45) is 0 Å². The maximum Gasteiger partial charge on any atom is 0.206 e. The summed E-state index contributed by atoms with van der Waals surface area (Å²) in [6, 6.07) is 6.50. The zero-order valence-electron chi connectivity index (χ0n) is 9.34. The van der Waals surface area contributed by atoms with Gasteiger partial charge in [0.05, 0.1) is 9.79 Å². The quantitative estimate of drug-likeness (QED) is 0.657. The van der Waals surface area contributed by atoms with Crippen molar-refractivity contribution in [1.29, 1.82) is 0 Å². The van der Waals surface area contributed by atoms with Crippen molar-refractivity contribution >= 4 is 35.1 Å². The Morgan fingerprint density at radius 2 is 1.16 bits per heavy atom. The predicted octanol–water partition coefficient (Wildman–Crippen LogP) is 3.38. The van der Waals surface area contributed by atoms with E-state index in [9.17, 15) is 17.2 Å².